The first kappa shape index (κ1) is 22.6. The number of hydrogen-bond donors (Lipinski definition) is 0. The Bertz CT molecular complexity index is 1410. The van der Waals surface area contributed by atoms with Crippen LogP contribution in [0.4, 0.5) is 19.0 Å². The molecule has 0 unspecified atom stereocenters. The second-order valence-electron chi connectivity index (χ2n) is 7.30. The summed E-state index contributed by atoms with van der Waals surface area (Å²) in [6.07, 6.45) is -0.558. The summed E-state index contributed by atoms with van der Waals surface area (Å²) >= 11 is 6.00. The Hall–Kier alpha value is -3.60. The number of anilines is 1. The minimum Gasteiger partial charge on any atom is -0.351 e. The Balaban J connectivity index is 1.84. The van der Waals surface area contributed by atoms with Gasteiger partial charge in [0, 0.05) is 43.0 Å². The van der Waals surface area contributed by atoms with E-state index in [0.29, 0.717) is 17.1 Å². The molecule has 0 bridgehead atoms. The standard InChI is InChI=1S/C21H17ClF3N7O/c1-11(17-19(27-7-6-26-17)15-4-5-16(33)32(3)30-15)31(2)20-13-8-12(22)9-14(21(23,24)25)18(13)28-10-29-20/h4-11H,1-3H3/t11-/m1/s1. The molecule has 0 saturated carbocycles. The number of rotatable bonds is 4. The molecule has 0 aliphatic rings. The fraction of sp³-hybridized carbons (Fsp3) is 0.238. The topological polar surface area (TPSA) is 89.7 Å². The van der Waals surface area contributed by atoms with E-state index in [1.165, 1.54) is 42.3 Å². The number of benzene rings is 1. The van der Waals surface area contributed by atoms with Crippen LogP contribution in [-0.4, -0.2) is 36.8 Å². The summed E-state index contributed by atoms with van der Waals surface area (Å²) in [5.41, 5.74) is -0.121. The molecule has 4 rings (SSSR count). The van der Waals surface area contributed by atoms with Gasteiger partial charge in [-0.15, -0.1) is 0 Å². The van der Waals surface area contributed by atoms with E-state index >= 15 is 0 Å². The fourth-order valence-corrected chi connectivity index (χ4v) is 3.68. The molecule has 170 valence electrons. The average molecular weight is 476 g/mol. The molecule has 0 saturated heterocycles. The van der Waals surface area contributed by atoms with Crippen molar-refractivity contribution in [1.82, 2.24) is 29.7 Å². The number of fused-ring (bicyclic) bond motifs is 1. The largest absolute Gasteiger partial charge is 0.418 e. The first-order valence-corrected chi connectivity index (χ1v) is 10.1. The SMILES string of the molecule is C[C@H](c1nccnc1-c1ccc(=O)n(C)n1)N(C)c1ncnc2c(C(F)(F)F)cc(Cl)cc12. The predicted octanol–water partition coefficient (Wildman–Crippen LogP) is 4.05. The van der Waals surface area contributed by atoms with Crippen LogP contribution in [0.5, 0.6) is 0 Å². The van der Waals surface area contributed by atoms with Crippen molar-refractivity contribution in [2.45, 2.75) is 19.1 Å². The van der Waals surface area contributed by atoms with E-state index in [-0.39, 0.29) is 27.3 Å². The van der Waals surface area contributed by atoms with Gasteiger partial charge in [0.15, 0.2) is 0 Å². The van der Waals surface area contributed by atoms with Crippen molar-refractivity contribution in [2.75, 3.05) is 11.9 Å². The van der Waals surface area contributed by atoms with E-state index in [0.717, 1.165) is 12.4 Å². The van der Waals surface area contributed by atoms with Crippen molar-refractivity contribution in [2.24, 2.45) is 7.05 Å². The molecule has 0 radical (unpaired) electrons. The molecular weight excluding hydrogens is 459 g/mol. The summed E-state index contributed by atoms with van der Waals surface area (Å²) in [6.45, 7) is 1.80. The van der Waals surface area contributed by atoms with Gasteiger partial charge in [-0.2, -0.15) is 18.3 Å². The Morgan fingerprint density at radius 3 is 2.52 bits per heavy atom. The highest BCUT2D eigenvalue weighted by Crippen LogP contribution is 2.39. The third-order valence-corrected chi connectivity index (χ3v) is 5.45. The molecule has 0 spiro atoms. The minimum atomic E-state index is -4.63. The highest BCUT2D eigenvalue weighted by Gasteiger charge is 2.35. The highest BCUT2D eigenvalue weighted by atomic mass is 35.5. The number of aromatic nitrogens is 6. The average Bonchev–Trinajstić information content (AvgIpc) is 2.78. The fourth-order valence-electron chi connectivity index (χ4n) is 3.46. The number of alkyl halides is 3. The molecule has 0 aliphatic heterocycles. The molecule has 8 nitrogen and oxygen atoms in total. The smallest absolute Gasteiger partial charge is 0.351 e. The Morgan fingerprint density at radius 1 is 1.09 bits per heavy atom. The van der Waals surface area contributed by atoms with Gasteiger partial charge in [-0.1, -0.05) is 11.6 Å². The first-order valence-electron chi connectivity index (χ1n) is 9.68. The van der Waals surface area contributed by atoms with Crippen LogP contribution < -0.4 is 10.5 Å². The van der Waals surface area contributed by atoms with Crippen molar-refractivity contribution in [1.29, 1.82) is 0 Å². The van der Waals surface area contributed by atoms with Crippen LogP contribution in [0.3, 0.4) is 0 Å². The quantitative estimate of drug-likeness (QED) is 0.440. The van der Waals surface area contributed by atoms with Gasteiger partial charge in [0.1, 0.15) is 23.5 Å². The Morgan fingerprint density at radius 2 is 1.82 bits per heavy atom. The molecule has 33 heavy (non-hydrogen) atoms. The maximum absolute atomic E-state index is 13.6. The van der Waals surface area contributed by atoms with Gasteiger partial charge in [0.05, 0.1) is 22.8 Å². The third-order valence-electron chi connectivity index (χ3n) is 5.23. The lowest BCUT2D eigenvalue weighted by Crippen LogP contribution is -2.25. The zero-order chi connectivity index (χ0) is 23.9. The van der Waals surface area contributed by atoms with Gasteiger partial charge < -0.3 is 4.90 Å². The van der Waals surface area contributed by atoms with Crippen LogP contribution in [-0.2, 0) is 13.2 Å². The van der Waals surface area contributed by atoms with Crippen LogP contribution in [0.15, 0.2) is 47.8 Å². The molecule has 1 aromatic carbocycles. The number of hydrogen-bond acceptors (Lipinski definition) is 7. The molecule has 0 amide bonds. The lowest BCUT2D eigenvalue weighted by Gasteiger charge is -2.27. The maximum Gasteiger partial charge on any atom is 0.418 e. The van der Waals surface area contributed by atoms with Gasteiger partial charge >= 0.3 is 6.18 Å². The zero-order valence-electron chi connectivity index (χ0n) is 17.7. The lowest BCUT2D eigenvalue weighted by atomic mass is 10.1. The van der Waals surface area contributed by atoms with Crippen LogP contribution in [0.1, 0.15) is 24.2 Å². The molecule has 12 heteroatoms. The minimum absolute atomic E-state index is 0.0819. The summed E-state index contributed by atoms with van der Waals surface area (Å²) < 4.78 is 41.9. The molecular formula is C21H17ClF3N7O. The monoisotopic (exact) mass is 475 g/mol. The maximum atomic E-state index is 13.6. The number of halogens is 4. The molecule has 0 aliphatic carbocycles. The zero-order valence-corrected chi connectivity index (χ0v) is 18.4. The van der Waals surface area contributed by atoms with Gasteiger partial charge in [-0.25, -0.2) is 14.6 Å². The Kier molecular flexibility index (Phi) is 5.75. The number of nitrogens with zero attached hydrogens (tertiary/aromatic N) is 7. The van der Waals surface area contributed by atoms with Gasteiger partial charge in [-0.3, -0.25) is 14.8 Å². The molecule has 0 N–H and O–H groups in total. The van der Waals surface area contributed by atoms with E-state index in [4.69, 9.17) is 11.6 Å². The summed E-state index contributed by atoms with van der Waals surface area (Å²) in [5, 5.41) is 4.30. The molecule has 1 atom stereocenters. The normalized spacial score (nSPS) is 12.7. The van der Waals surface area contributed by atoms with E-state index < -0.39 is 17.8 Å². The highest BCUT2D eigenvalue weighted by molar-refractivity contribution is 6.31. The molecule has 3 heterocycles. The summed E-state index contributed by atoms with van der Waals surface area (Å²) in [7, 11) is 3.19. The van der Waals surface area contributed by atoms with Crippen molar-refractivity contribution in [3.8, 4) is 11.4 Å². The van der Waals surface area contributed by atoms with E-state index in [1.54, 1.807) is 18.9 Å². The second-order valence-corrected chi connectivity index (χ2v) is 7.74. The van der Waals surface area contributed by atoms with Crippen molar-refractivity contribution < 1.29 is 13.2 Å². The summed E-state index contributed by atoms with van der Waals surface area (Å²) in [6, 6.07) is 4.66. The van der Waals surface area contributed by atoms with Gasteiger partial charge in [0.2, 0.25) is 0 Å². The van der Waals surface area contributed by atoms with E-state index in [1.807, 2.05) is 0 Å². The van der Waals surface area contributed by atoms with Crippen molar-refractivity contribution in [3.63, 3.8) is 0 Å². The van der Waals surface area contributed by atoms with E-state index in [2.05, 4.69) is 25.0 Å². The van der Waals surface area contributed by atoms with Crippen LogP contribution in [0.25, 0.3) is 22.3 Å². The second kappa shape index (κ2) is 8.39. The molecule has 4 aromatic rings. The van der Waals surface area contributed by atoms with Gasteiger partial charge in [0.25, 0.3) is 5.56 Å². The van der Waals surface area contributed by atoms with Crippen molar-refractivity contribution >= 4 is 28.3 Å². The number of aryl methyl sites for hydroxylation is 1. The summed E-state index contributed by atoms with van der Waals surface area (Å²) in [5.74, 6) is 0.241. The predicted molar refractivity (Wildman–Crippen MR) is 117 cm³/mol. The Labute approximate surface area is 190 Å². The first-order chi connectivity index (χ1) is 15.6. The third kappa shape index (κ3) is 4.23. The van der Waals surface area contributed by atoms with Crippen LogP contribution in [0.2, 0.25) is 5.02 Å². The molecule has 0 fully saturated rings. The van der Waals surface area contributed by atoms with Crippen LogP contribution >= 0.6 is 11.6 Å². The lowest BCUT2D eigenvalue weighted by molar-refractivity contribution is -0.136. The van der Waals surface area contributed by atoms with Crippen LogP contribution in [0, 0.1) is 0 Å². The van der Waals surface area contributed by atoms with E-state index in [9.17, 15) is 18.0 Å². The molecule has 3 aromatic heterocycles. The van der Waals surface area contributed by atoms with Gasteiger partial charge in [-0.05, 0) is 25.1 Å². The van der Waals surface area contributed by atoms with Crippen molar-refractivity contribution in [3.05, 3.63) is 69.6 Å². The summed E-state index contributed by atoms with van der Waals surface area (Å²) in [4.78, 5) is 30.3.